The van der Waals surface area contributed by atoms with Gasteiger partial charge in [-0.15, -0.1) is 0 Å². The molecule has 182 valence electrons. The molecule has 1 fully saturated rings. The molecule has 1 aromatic heterocycles. The first-order chi connectivity index (χ1) is 16.2. The van der Waals surface area contributed by atoms with E-state index in [0.29, 0.717) is 31.9 Å². The maximum Gasteiger partial charge on any atom is 0.266 e. The average Bonchev–Trinajstić information content (AvgIpc) is 3.10. The molecule has 1 saturated heterocycles. The van der Waals surface area contributed by atoms with E-state index in [-0.39, 0.29) is 10.5 Å². The van der Waals surface area contributed by atoms with Crippen LogP contribution in [0.4, 0.5) is 5.69 Å². The summed E-state index contributed by atoms with van der Waals surface area (Å²) in [7, 11) is -3.67. The Hall–Kier alpha value is -2.93. The molecule has 8 nitrogen and oxygen atoms in total. The van der Waals surface area contributed by atoms with Crippen molar-refractivity contribution in [3.63, 3.8) is 0 Å². The number of aromatic nitrogens is 1. The number of nitriles is 1. The van der Waals surface area contributed by atoms with Crippen LogP contribution in [0, 0.1) is 25.2 Å². The van der Waals surface area contributed by atoms with Crippen molar-refractivity contribution >= 4 is 27.7 Å². The Kier molecular flexibility index (Phi) is 8.31. The number of sulfonamides is 1. The third-order valence-electron chi connectivity index (χ3n) is 6.23. The summed E-state index contributed by atoms with van der Waals surface area (Å²) < 4.78 is 29.8. The minimum absolute atomic E-state index is 0.0410. The van der Waals surface area contributed by atoms with Gasteiger partial charge in [0.05, 0.1) is 4.90 Å². The number of benzene rings is 1. The first-order valence-electron chi connectivity index (χ1n) is 11.6. The lowest BCUT2D eigenvalue weighted by Gasteiger charge is -2.33. The summed E-state index contributed by atoms with van der Waals surface area (Å²) in [5, 5.41) is 12.3. The molecule has 0 saturated carbocycles. The maximum absolute atomic E-state index is 13.1. The predicted octanol–water partition coefficient (Wildman–Crippen LogP) is 3.39. The predicted molar refractivity (Wildman–Crippen MR) is 134 cm³/mol. The van der Waals surface area contributed by atoms with Crippen LogP contribution in [0.2, 0.25) is 0 Å². The smallest absolute Gasteiger partial charge is 0.266 e. The lowest BCUT2D eigenvalue weighted by molar-refractivity contribution is -0.112. The van der Waals surface area contributed by atoms with Crippen molar-refractivity contribution in [1.29, 1.82) is 5.26 Å². The van der Waals surface area contributed by atoms with Gasteiger partial charge in [0.1, 0.15) is 11.6 Å². The van der Waals surface area contributed by atoms with E-state index in [2.05, 4.69) is 28.6 Å². The Balaban J connectivity index is 1.79. The topological polar surface area (TPSA) is 98.4 Å². The van der Waals surface area contributed by atoms with Crippen molar-refractivity contribution in [2.45, 2.75) is 45.6 Å². The first-order valence-corrected chi connectivity index (χ1v) is 13.1. The number of amides is 1. The molecule has 9 heteroatoms. The van der Waals surface area contributed by atoms with E-state index in [1.165, 1.54) is 16.4 Å². The number of nitrogens with zero attached hydrogens (tertiary/aromatic N) is 4. The Morgan fingerprint density at radius 3 is 2.47 bits per heavy atom. The second kappa shape index (κ2) is 11.0. The summed E-state index contributed by atoms with van der Waals surface area (Å²) >= 11 is 0. The molecule has 1 aliphatic rings. The van der Waals surface area contributed by atoms with Gasteiger partial charge in [-0.2, -0.15) is 9.57 Å². The Bertz CT molecular complexity index is 1220. The minimum atomic E-state index is -3.67. The van der Waals surface area contributed by atoms with Crippen LogP contribution in [0.3, 0.4) is 0 Å². The van der Waals surface area contributed by atoms with Gasteiger partial charge < -0.3 is 14.8 Å². The van der Waals surface area contributed by atoms with Crippen molar-refractivity contribution < 1.29 is 13.2 Å². The number of aryl methyl sites for hydroxylation is 1. The molecule has 1 aliphatic heterocycles. The zero-order valence-corrected chi connectivity index (χ0v) is 21.2. The van der Waals surface area contributed by atoms with Gasteiger partial charge in [-0.1, -0.05) is 19.9 Å². The molecule has 0 spiro atoms. The highest BCUT2D eigenvalue weighted by atomic mass is 32.2. The average molecular weight is 484 g/mol. The van der Waals surface area contributed by atoms with Crippen molar-refractivity contribution in [2.75, 3.05) is 38.0 Å². The van der Waals surface area contributed by atoms with Crippen LogP contribution < -0.4 is 5.32 Å². The zero-order valence-electron chi connectivity index (χ0n) is 20.3. The van der Waals surface area contributed by atoms with Gasteiger partial charge in [0.25, 0.3) is 5.91 Å². The number of likely N-dealkylation sites (N-methyl/N-ethyl adjacent to an activating group) is 1. The number of piperazine rings is 1. The molecule has 1 N–H and O–H groups in total. The van der Waals surface area contributed by atoms with Crippen LogP contribution in [0.5, 0.6) is 0 Å². The van der Waals surface area contributed by atoms with Gasteiger partial charge >= 0.3 is 0 Å². The maximum atomic E-state index is 13.1. The zero-order chi connectivity index (χ0) is 24.9. The van der Waals surface area contributed by atoms with Crippen LogP contribution >= 0.6 is 0 Å². The van der Waals surface area contributed by atoms with Crippen LogP contribution in [-0.4, -0.2) is 60.8 Å². The summed E-state index contributed by atoms with van der Waals surface area (Å²) in [6.45, 7) is 12.2. The van der Waals surface area contributed by atoms with Crippen molar-refractivity contribution in [3.8, 4) is 6.07 Å². The minimum Gasteiger partial charge on any atom is -0.349 e. The monoisotopic (exact) mass is 483 g/mol. The molecule has 2 aromatic rings. The molecular formula is C25H33N5O3S. The molecule has 1 aromatic carbocycles. The SMILES string of the molecule is CCCn1c(C)cc(/C=C(\C#N)C(=O)Nc2cccc(S(=O)(=O)N3CCN(CC)CC3)c2)c1C. The molecule has 2 heterocycles. The first kappa shape index (κ1) is 25.7. The van der Waals surface area contributed by atoms with Crippen LogP contribution in [0.15, 0.2) is 40.8 Å². The second-order valence-corrected chi connectivity index (χ2v) is 10.4. The van der Waals surface area contributed by atoms with Crippen molar-refractivity contribution in [2.24, 2.45) is 0 Å². The molecule has 0 aliphatic carbocycles. The molecule has 0 atom stereocenters. The highest BCUT2D eigenvalue weighted by Gasteiger charge is 2.28. The summed E-state index contributed by atoms with van der Waals surface area (Å²) in [6, 6.07) is 10.1. The van der Waals surface area contributed by atoms with E-state index in [9.17, 15) is 18.5 Å². The van der Waals surface area contributed by atoms with Crippen molar-refractivity contribution in [1.82, 2.24) is 13.8 Å². The molecule has 0 unspecified atom stereocenters. The Labute approximate surface area is 202 Å². The van der Waals surface area contributed by atoms with Gasteiger partial charge in [-0.25, -0.2) is 8.42 Å². The summed E-state index contributed by atoms with van der Waals surface area (Å²) in [6.07, 6.45) is 2.57. The summed E-state index contributed by atoms with van der Waals surface area (Å²) in [5.41, 5.74) is 3.17. The van der Waals surface area contributed by atoms with Gasteiger partial charge in [0.15, 0.2) is 0 Å². The third-order valence-corrected chi connectivity index (χ3v) is 8.13. The summed E-state index contributed by atoms with van der Waals surface area (Å²) in [5.74, 6) is -0.575. The molecule has 3 rings (SSSR count). The number of nitrogens with one attached hydrogen (secondary N) is 1. The van der Waals surface area contributed by atoms with E-state index in [1.807, 2.05) is 26.0 Å². The Morgan fingerprint density at radius 1 is 1.15 bits per heavy atom. The van der Waals surface area contributed by atoms with E-state index in [4.69, 9.17) is 0 Å². The highest BCUT2D eigenvalue weighted by Crippen LogP contribution is 2.23. The molecular weight excluding hydrogens is 450 g/mol. The normalized spacial score (nSPS) is 15.8. The number of rotatable bonds is 8. The van der Waals surface area contributed by atoms with Crippen molar-refractivity contribution in [3.05, 3.63) is 52.9 Å². The van der Waals surface area contributed by atoms with Crippen LogP contribution in [0.1, 0.15) is 37.2 Å². The molecule has 0 radical (unpaired) electrons. The highest BCUT2D eigenvalue weighted by molar-refractivity contribution is 7.89. The third kappa shape index (κ3) is 5.58. The van der Waals surface area contributed by atoms with Gasteiger partial charge in [0, 0.05) is 49.8 Å². The fraction of sp³-hybridized carbons (Fsp3) is 0.440. The quantitative estimate of drug-likeness (QED) is 0.458. The second-order valence-electron chi connectivity index (χ2n) is 8.47. The van der Waals surface area contributed by atoms with E-state index >= 15 is 0 Å². The Morgan fingerprint density at radius 2 is 1.85 bits per heavy atom. The number of carbonyl (C=O) groups is 1. The van der Waals surface area contributed by atoms with E-state index in [0.717, 1.165) is 36.5 Å². The van der Waals surface area contributed by atoms with Crippen LogP contribution in [-0.2, 0) is 21.4 Å². The lowest BCUT2D eigenvalue weighted by Crippen LogP contribution is -2.48. The molecule has 1 amide bonds. The molecule has 34 heavy (non-hydrogen) atoms. The van der Waals surface area contributed by atoms with Gasteiger partial charge in [0.2, 0.25) is 10.0 Å². The summed E-state index contributed by atoms with van der Waals surface area (Å²) in [4.78, 5) is 15.2. The van der Waals surface area contributed by atoms with E-state index < -0.39 is 15.9 Å². The fourth-order valence-corrected chi connectivity index (χ4v) is 5.68. The number of hydrogen-bond acceptors (Lipinski definition) is 5. The van der Waals surface area contributed by atoms with Crippen LogP contribution in [0.25, 0.3) is 6.08 Å². The van der Waals surface area contributed by atoms with E-state index in [1.54, 1.807) is 18.2 Å². The number of carbonyl (C=O) groups excluding carboxylic acids is 1. The molecule has 0 bridgehead atoms. The number of hydrogen-bond donors (Lipinski definition) is 1. The lowest BCUT2D eigenvalue weighted by atomic mass is 10.1. The van der Waals surface area contributed by atoms with Gasteiger partial charge in [-0.05, 0) is 62.7 Å². The van der Waals surface area contributed by atoms with Gasteiger partial charge in [-0.3, -0.25) is 4.79 Å². The fourth-order valence-electron chi connectivity index (χ4n) is 4.21. The standard InChI is InChI=1S/C25H33N5O3S/c1-5-10-30-19(3)15-21(20(30)4)16-22(18-26)25(31)27-23-8-7-9-24(17-23)34(32,33)29-13-11-28(6-2)12-14-29/h7-9,15-17H,5-6,10-14H2,1-4H3,(H,27,31)/b22-16+. The largest absolute Gasteiger partial charge is 0.349 e. The number of anilines is 1.